The van der Waals surface area contributed by atoms with Crippen molar-refractivity contribution < 1.29 is 44.9 Å². The van der Waals surface area contributed by atoms with Crippen molar-refractivity contribution in [3.05, 3.63) is 36.5 Å². The highest BCUT2D eigenvalue weighted by molar-refractivity contribution is 5.80. The van der Waals surface area contributed by atoms with Gasteiger partial charge in [-0.2, -0.15) is 0 Å². The molecule has 0 saturated carbocycles. The van der Waals surface area contributed by atoms with Crippen LogP contribution < -0.4 is 5.32 Å². The fraction of sp³-hybridized carbons (Fsp3) is 0.891. The van der Waals surface area contributed by atoms with Crippen LogP contribution in [0.25, 0.3) is 0 Å². The van der Waals surface area contributed by atoms with Gasteiger partial charge in [0.15, 0.2) is 6.29 Å². The van der Waals surface area contributed by atoms with E-state index in [0.29, 0.717) is 19.3 Å². The van der Waals surface area contributed by atoms with Crippen LogP contribution >= 0.6 is 0 Å². The molecule has 1 amide bonds. The van der Waals surface area contributed by atoms with Crippen molar-refractivity contribution in [1.29, 1.82) is 0 Å². The summed E-state index contributed by atoms with van der Waals surface area (Å²) in [6.07, 6.45) is 60.4. The highest BCUT2D eigenvalue weighted by Gasteiger charge is 2.44. The third-order valence-corrected chi connectivity index (χ3v) is 15.3. The largest absolute Gasteiger partial charge is 0.394 e. The van der Waals surface area contributed by atoms with E-state index in [1.165, 1.54) is 218 Å². The number of aliphatic hydroxyl groups excluding tert-OH is 6. The Bertz CT molecular complexity index is 1280. The lowest BCUT2D eigenvalue weighted by molar-refractivity contribution is -0.302. The topological polar surface area (TPSA) is 169 Å². The van der Waals surface area contributed by atoms with Gasteiger partial charge in [0, 0.05) is 0 Å². The first kappa shape index (κ1) is 70.4. The minimum atomic E-state index is -1.62. The highest BCUT2D eigenvalue weighted by Crippen LogP contribution is 2.23. The van der Waals surface area contributed by atoms with Crippen LogP contribution in [-0.2, 0) is 14.3 Å². The molecule has 1 rings (SSSR count). The number of allylic oxidation sites excluding steroid dienone is 5. The Morgan fingerprint density at radius 2 is 0.797 bits per heavy atom. The predicted molar refractivity (Wildman–Crippen MR) is 310 cm³/mol. The normalized spacial score (nSPS) is 19.6. The molecule has 0 radical (unpaired) electrons. The first-order chi connectivity index (χ1) is 36.3. The summed E-state index contributed by atoms with van der Waals surface area (Å²) in [6.45, 7) is 3.54. The molecule has 1 heterocycles. The van der Waals surface area contributed by atoms with Gasteiger partial charge in [-0.3, -0.25) is 4.79 Å². The highest BCUT2D eigenvalue weighted by atomic mass is 16.7. The lowest BCUT2D eigenvalue weighted by Gasteiger charge is -2.40. The van der Waals surface area contributed by atoms with E-state index >= 15 is 0 Å². The average molecular weight is 1050 g/mol. The zero-order valence-electron chi connectivity index (χ0n) is 48.2. The zero-order chi connectivity index (χ0) is 53.8. The Morgan fingerprint density at radius 1 is 0.459 bits per heavy atom. The van der Waals surface area contributed by atoms with Gasteiger partial charge in [0.2, 0.25) is 5.91 Å². The molecule has 0 aromatic heterocycles. The van der Waals surface area contributed by atoms with Crippen molar-refractivity contribution in [2.45, 2.75) is 352 Å². The third kappa shape index (κ3) is 41.5. The molecule has 0 aromatic rings. The molecule has 10 heteroatoms. The second kappa shape index (κ2) is 53.4. The van der Waals surface area contributed by atoms with Crippen molar-refractivity contribution in [3.8, 4) is 0 Å². The molecule has 0 bridgehead atoms. The van der Waals surface area contributed by atoms with Gasteiger partial charge in [0.25, 0.3) is 0 Å². The number of nitrogens with one attached hydrogen (secondary N) is 1. The van der Waals surface area contributed by atoms with Crippen LogP contribution in [0.5, 0.6) is 0 Å². The first-order valence-electron chi connectivity index (χ1n) is 31.8. The minimum absolute atomic E-state index is 0.304. The maximum absolute atomic E-state index is 13.1. The molecule has 10 nitrogen and oxygen atoms in total. The smallest absolute Gasteiger partial charge is 0.249 e. The van der Waals surface area contributed by atoms with E-state index in [-0.39, 0.29) is 6.61 Å². The van der Waals surface area contributed by atoms with Crippen molar-refractivity contribution in [3.63, 3.8) is 0 Å². The number of ether oxygens (including phenoxy) is 2. The Labute approximate surface area is 455 Å². The summed E-state index contributed by atoms with van der Waals surface area (Å²) in [6, 6.07) is -1.00. The molecule has 1 fully saturated rings. The maximum Gasteiger partial charge on any atom is 0.249 e. The Morgan fingerprint density at radius 3 is 1.15 bits per heavy atom. The van der Waals surface area contributed by atoms with Gasteiger partial charge in [-0.1, -0.05) is 301 Å². The molecule has 8 atom stereocenters. The van der Waals surface area contributed by atoms with E-state index in [9.17, 15) is 35.4 Å². The minimum Gasteiger partial charge on any atom is -0.394 e. The number of carbonyl (C=O) groups is 1. The lowest BCUT2D eigenvalue weighted by Crippen LogP contribution is -2.60. The van der Waals surface area contributed by atoms with Crippen LogP contribution in [0.3, 0.4) is 0 Å². The standard InChI is InChI=1S/C64H121NO9/c1-3-5-7-9-11-13-15-16-17-18-19-20-21-22-23-24-25-26-27-28-29-30-31-32-33-34-35-36-37-38-39-40-41-43-45-47-49-51-53-58(68)63(72)65-56(55-73-64-62(71)61(70)60(69)59(54-66)74-64)57(67)52-50-48-46-44-42-14-12-10-8-6-4-2/h8,10,42,44,50,52,56-62,64,66-71H,3-7,9,11-41,43,45-49,51,53-55H2,1-2H3,(H,65,72)/b10-8+,44-42+,52-50+. The average Bonchev–Trinajstić information content (AvgIpc) is 3.40. The number of rotatable bonds is 55. The molecule has 0 aliphatic carbocycles. The first-order valence-corrected chi connectivity index (χ1v) is 31.8. The van der Waals surface area contributed by atoms with Crippen molar-refractivity contribution >= 4 is 5.91 Å². The van der Waals surface area contributed by atoms with E-state index in [1.807, 2.05) is 6.08 Å². The van der Waals surface area contributed by atoms with E-state index in [0.717, 1.165) is 51.4 Å². The number of hydrogen-bond acceptors (Lipinski definition) is 9. The molecule has 1 aliphatic heterocycles. The van der Waals surface area contributed by atoms with Gasteiger partial charge in [-0.05, 0) is 38.5 Å². The third-order valence-electron chi connectivity index (χ3n) is 15.3. The monoisotopic (exact) mass is 1050 g/mol. The maximum atomic E-state index is 13.1. The molecule has 7 N–H and O–H groups in total. The van der Waals surface area contributed by atoms with E-state index in [1.54, 1.807) is 6.08 Å². The van der Waals surface area contributed by atoms with Gasteiger partial charge in [-0.25, -0.2) is 0 Å². The fourth-order valence-electron chi connectivity index (χ4n) is 10.2. The molecule has 436 valence electrons. The second-order valence-corrected chi connectivity index (χ2v) is 22.3. The molecule has 8 unspecified atom stereocenters. The quantitative estimate of drug-likeness (QED) is 0.0232. The van der Waals surface area contributed by atoms with Gasteiger partial charge in [0.05, 0.1) is 25.4 Å². The summed E-state index contributed by atoms with van der Waals surface area (Å²) in [7, 11) is 0. The Balaban J connectivity index is 2.04. The number of aliphatic hydroxyl groups is 6. The Hall–Kier alpha value is -1.63. The van der Waals surface area contributed by atoms with Crippen molar-refractivity contribution in [2.24, 2.45) is 0 Å². The van der Waals surface area contributed by atoms with Gasteiger partial charge in [0.1, 0.15) is 30.5 Å². The zero-order valence-corrected chi connectivity index (χ0v) is 48.2. The van der Waals surface area contributed by atoms with E-state index < -0.39 is 61.5 Å². The molecule has 0 aromatic carbocycles. The number of unbranched alkanes of at least 4 members (excludes halogenated alkanes) is 40. The van der Waals surface area contributed by atoms with Crippen molar-refractivity contribution in [1.82, 2.24) is 5.32 Å². The molecule has 1 saturated heterocycles. The summed E-state index contributed by atoms with van der Waals surface area (Å²) >= 11 is 0. The number of amides is 1. The van der Waals surface area contributed by atoms with Crippen LogP contribution in [0.4, 0.5) is 0 Å². The van der Waals surface area contributed by atoms with Crippen LogP contribution in [0.15, 0.2) is 36.5 Å². The lowest BCUT2D eigenvalue weighted by atomic mass is 9.99. The van der Waals surface area contributed by atoms with Gasteiger partial charge in [-0.15, -0.1) is 0 Å². The molecule has 74 heavy (non-hydrogen) atoms. The summed E-state index contributed by atoms with van der Waals surface area (Å²) in [5, 5.41) is 64.8. The number of carbonyl (C=O) groups excluding carboxylic acids is 1. The molecule has 0 spiro atoms. The number of hydrogen-bond donors (Lipinski definition) is 7. The van der Waals surface area contributed by atoms with E-state index in [4.69, 9.17) is 9.47 Å². The van der Waals surface area contributed by atoms with Crippen LogP contribution in [0.1, 0.15) is 303 Å². The van der Waals surface area contributed by atoms with Gasteiger partial charge >= 0.3 is 0 Å². The van der Waals surface area contributed by atoms with Crippen LogP contribution in [-0.4, -0.2) is 98.7 Å². The van der Waals surface area contributed by atoms with Gasteiger partial charge < -0.3 is 45.4 Å². The Kier molecular flexibility index (Phi) is 50.8. The second-order valence-electron chi connectivity index (χ2n) is 22.3. The summed E-state index contributed by atoms with van der Waals surface area (Å²) in [4.78, 5) is 13.1. The van der Waals surface area contributed by atoms with Crippen LogP contribution in [0, 0.1) is 0 Å². The molecule has 1 aliphatic rings. The molecular formula is C64H121NO9. The summed E-state index contributed by atoms with van der Waals surface area (Å²) in [5.74, 6) is -0.627. The fourth-order valence-corrected chi connectivity index (χ4v) is 10.2. The predicted octanol–water partition coefficient (Wildman–Crippen LogP) is 15.3. The van der Waals surface area contributed by atoms with E-state index in [2.05, 4.69) is 43.5 Å². The van der Waals surface area contributed by atoms with Crippen LogP contribution in [0.2, 0.25) is 0 Å². The summed E-state index contributed by atoms with van der Waals surface area (Å²) in [5.41, 5.74) is 0. The summed E-state index contributed by atoms with van der Waals surface area (Å²) < 4.78 is 11.1. The molecular weight excluding hydrogens is 927 g/mol. The SMILES string of the molecule is CCC/C=C/CC/C=C/CC/C=C/C(O)C(COC1OC(CO)C(O)C(O)C1O)NC(=O)C(O)CCCCCCCCCCCCCCCCCCCCCCCCCCCCCCCCCCCCCCCC. The van der Waals surface area contributed by atoms with Crippen molar-refractivity contribution in [2.75, 3.05) is 13.2 Å².